The summed E-state index contributed by atoms with van der Waals surface area (Å²) in [5.74, 6) is 0.740. The molecule has 0 bridgehead atoms. The molecule has 4 heteroatoms. The molecule has 4 aromatic rings. The van der Waals surface area contributed by atoms with Gasteiger partial charge in [-0.15, -0.1) is 0 Å². The van der Waals surface area contributed by atoms with Crippen LogP contribution in [-0.2, 0) is 12.8 Å². The highest BCUT2D eigenvalue weighted by atomic mass is 16.3. The van der Waals surface area contributed by atoms with Gasteiger partial charge in [0, 0.05) is 23.8 Å². The summed E-state index contributed by atoms with van der Waals surface area (Å²) in [4.78, 5) is 0. The Balaban J connectivity index is 1.84. The van der Waals surface area contributed by atoms with Crippen molar-refractivity contribution in [2.75, 3.05) is 0 Å². The van der Waals surface area contributed by atoms with Crippen molar-refractivity contribution in [1.29, 1.82) is 0 Å². The van der Waals surface area contributed by atoms with Crippen molar-refractivity contribution in [2.24, 2.45) is 0 Å². The van der Waals surface area contributed by atoms with E-state index in [2.05, 4.69) is 0 Å². The molecule has 0 heterocycles. The van der Waals surface area contributed by atoms with Crippen molar-refractivity contribution in [3.63, 3.8) is 0 Å². The summed E-state index contributed by atoms with van der Waals surface area (Å²) in [7, 11) is 0. The molecule has 0 aliphatic heterocycles. The molecule has 140 valence electrons. The Morgan fingerprint density at radius 2 is 1.14 bits per heavy atom. The molecule has 4 N–H and O–H groups in total. The monoisotopic (exact) mass is 372 g/mol. The average Bonchev–Trinajstić information content (AvgIpc) is 2.69. The third-order valence-electron chi connectivity index (χ3n) is 4.96. The van der Waals surface area contributed by atoms with Gasteiger partial charge in [-0.3, -0.25) is 0 Å². The van der Waals surface area contributed by atoms with Gasteiger partial charge >= 0.3 is 0 Å². The molecular weight excluding hydrogens is 352 g/mol. The third-order valence-corrected chi connectivity index (χ3v) is 4.96. The standard InChI is InChI=1S/C24H20O4/c25-18-8-4-15(5-9-18)12-17-14-21-20(2-1-3-23(21)27)22(24(17)28)13-16-6-10-19(26)11-7-16/h1-11,14,25-28H,12-13H2. The molecule has 0 radical (unpaired) electrons. The molecule has 0 aliphatic rings. The Morgan fingerprint density at radius 1 is 0.571 bits per heavy atom. The zero-order chi connectivity index (χ0) is 19.7. The maximum Gasteiger partial charge on any atom is 0.123 e. The molecule has 0 saturated carbocycles. The first-order valence-electron chi connectivity index (χ1n) is 9.02. The number of phenolic OH excluding ortho intramolecular Hbond substituents is 4. The minimum atomic E-state index is 0.163. The van der Waals surface area contributed by atoms with Crippen LogP contribution in [0.4, 0.5) is 0 Å². The Bertz CT molecular complexity index is 1130. The van der Waals surface area contributed by atoms with E-state index < -0.39 is 0 Å². The lowest BCUT2D eigenvalue weighted by atomic mass is 9.92. The molecule has 0 atom stereocenters. The van der Waals surface area contributed by atoms with E-state index in [0.29, 0.717) is 23.8 Å². The van der Waals surface area contributed by atoms with E-state index in [1.165, 1.54) is 0 Å². The molecule has 4 aromatic carbocycles. The van der Waals surface area contributed by atoms with E-state index in [9.17, 15) is 20.4 Å². The van der Waals surface area contributed by atoms with Gasteiger partial charge in [0.15, 0.2) is 0 Å². The van der Waals surface area contributed by atoms with Crippen LogP contribution < -0.4 is 0 Å². The lowest BCUT2D eigenvalue weighted by Gasteiger charge is -2.15. The number of fused-ring (bicyclic) bond motifs is 1. The van der Waals surface area contributed by atoms with Crippen molar-refractivity contribution in [2.45, 2.75) is 12.8 Å². The van der Waals surface area contributed by atoms with Gasteiger partial charge < -0.3 is 20.4 Å². The summed E-state index contributed by atoms with van der Waals surface area (Å²) in [6.45, 7) is 0. The van der Waals surface area contributed by atoms with Crippen LogP contribution in [0, 0.1) is 0 Å². The van der Waals surface area contributed by atoms with Gasteiger partial charge in [0.05, 0.1) is 0 Å². The highest BCUT2D eigenvalue weighted by molar-refractivity contribution is 5.93. The first kappa shape index (κ1) is 17.7. The summed E-state index contributed by atoms with van der Waals surface area (Å²) in [5.41, 5.74) is 3.32. The van der Waals surface area contributed by atoms with Gasteiger partial charge in [0.2, 0.25) is 0 Å². The van der Waals surface area contributed by atoms with Crippen LogP contribution in [0.3, 0.4) is 0 Å². The van der Waals surface area contributed by atoms with Crippen molar-refractivity contribution < 1.29 is 20.4 Å². The smallest absolute Gasteiger partial charge is 0.123 e. The van der Waals surface area contributed by atoms with Crippen LogP contribution in [0.1, 0.15) is 22.3 Å². The van der Waals surface area contributed by atoms with Gasteiger partial charge in [-0.2, -0.15) is 0 Å². The first-order chi connectivity index (χ1) is 13.5. The Labute approximate surface area is 162 Å². The zero-order valence-corrected chi connectivity index (χ0v) is 15.1. The number of aromatic hydroxyl groups is 4. The largest absolute Gasteiger partial charge is 0.508 e. The van der Waals surface area contributed by atoms with E-state index in [1.54, 1.807) is 36.4 Å². The molecule has 0 fully saturated rings. The Hall–Kier alpha value is -3.66. The van der Waals surface area contributed by atoms with Crippen LogP contribution >= 0.6 is 0 Å². The number of hydrogen-bond donors (Lipinski definition) is 4. The van der Waals surface area contributed by atoms with Gasteiger partial charge in [-0.05, 0) is 58.5 Å². The van der Waals surface area contributed by atoms with Crippen molar-refractivity contribution >= 4 is 10.8 Å². The third kappa shape index (κ3) is 3.45. The summed E-state index contributed by atoms with van der Waals surface area (Å²) in [6.07, 6.45) is 0.939. The van der Waals surface area contributed by atoms with E-state index in [-0.39, 0.29) is 23.0 Å². The second kappa shape index (κ2) is 7.16. The van der Waals surface area contributed by atoms with E-state index in [0.717, 1.165) is 22.1 Å². The molecule has 0 aromatic heterocycles. The fourth-order valence-electron chi connectivity index (χ4n) is 3.50. The summed E-state index contributed by atoms with van der Waals surface area (Å²) in [5, 5.41) is 41.9. The Morgan fingerprint density at radius 3 is 1.75 bits per heavy atom. The minimum Gasteiger partial charge on any atom is -0.508 e. The molecule has 0 aliphatic carbocycles. The quantitative estimate of drug-likeness (QED) is 0.413. The van der Waals surface area contributed by atoms with Gasteiger partial charge in [-0.25, -0.2) is 0 Å². The van der Waals surface area contributed by atoms with E-state index in [4.69, 9.17) is 0 Å². The topological polar surface area (TPSA) is 80.9 Å². The number of rotatable bonds is 4. The fourth-order valence-corrected chi connectivity index (χ4v) is 3.50. The van der Waals surface area contributed by atoms with Crippen LogP contribution in [-0.4, -0.2) is 20.4 Å². The van der Waals surface area contributed by atoms with Gasteiger partial charge in [0.1, 0.15) is 23.0 Å². The second-order valence-electron chi connectivity index (χ2n) is 6.92. The minimum absolute atomic E-state index is 0.163. The SMILES string of the molecule is Oc1ccc(Cc2cc3c(O)cccc3c(Cc3ccc(O)cc3)c2O)cc1. The van der Waals surface area contributed by atoms with Crippen LogP contribution in [0.2, 0.25) is 0 Å². The predicted octanol–water partition coefficient (Wildman–Crippen LogP) is 4.84. The zero-order valence-electron chi connectivity index (χ0n) is 15.1. The van der Waals surface area contributed by atoms with Gasteiger partial charge in [0.25, 0.3) is 0 Å². The normalized spacial score (nSPS) is 11.0. The molecule has 0 unspecified atom stereocenters. The van der Waals surface area contributed by atoms with Crippen LogP contribution in [0.15, 0.2) is 72.8 Å². The van der Waals surface area contributed by atoms with Crippen molar-refractivity contribution in [3.05, 3.63) is 95.1 Å². The second-order valence-corrected chi connectivity index (χ2v) is 6.92. The number of phenols is 4. The highest BCUT2D eigenvalue weighted by Crippen LogP contribution is 2.38. The average molecular weight is 372 g/mol. The molecule has 4 rings (SSSR count). The highest BCUT2D eigenvalue weighted by Gasteiger charge is 2.16. The fraction of sp³-hybridized carbons (Fsp3) is 0.0833. The lowest BCUT2D eigenvalue weighted by Crippen LogP contribution is -1.97. The van der Waals surface area contributed by atoms with Crippen molar-refractivity contribution in [1.82, 2.24) is 0 Å². The van der Waals surface area contributed by atoms with E-state index >= 15 is 0 Å². The predicted molar refractivity (Wildman–Crippen MR) is 109 cm³/mol. The van der Waals surface area contributed by atoms with Gasteiger partial charge in [-0.1, -0.05) is 36.4 Å². The maximum absolute atomic E-state index is 11.0. The number of hydrogen-bond acceptors (Lipinski definition) is 4. The lowest BCUT2D eigenvalue weighted by molar-refractivity contribution is 0.464. The van der Waals surface area contributed by atoms with E-state index in [1.807, 2.05) is 36.4 Å². The number of benzene rings is 4. The summed E-state index contributed by atoms with van der Waals surface area (Å²) < 4.78 is 0. The van der Waals surface area contributed by atoms with Crippen LogP contribution in [0.25, 0.3) is 10.8 Å². The molecular formula is C24H20O4. The molecule has 0 saturated heterocycles. The molecule has 28 heavy (non-hydrogen) atoms. The first-order valence-corrected chi connectivity index (χ1v) is 9.02. The Kier molecular flexibility index (Phi) is 4.53. The molecule has 0 spiro atoms. The summed E-state index contributed by atoms with van der Waals surface area (Å²) in [6, 6.07) is 20.8. The molecule has 0 amide bonds. The van der Waals surface area contributed by atoms with Crippen molar-refractivity contribution in [3.8, 4) is 23.0 Å². The van der Waals surface area contributed by atoms with Crippen LogP contribution in [0.5, 0.6) is 23.0 Å². The maximum atomic E-state index is 11.0. The summed E-state index contributed by atoms with van der Waals surface area (Å²) >= 11 is 0. The molecule has 4 nitrogen and oxygen atoms in total.